The number of aliphatic hydroxyl groups is 1. The summed E-state index contributed by atoms with van der Waals surface area (Å²) >= 11 is 6.52. The zero-order valence-electron chi connectivity index (χ0n) is 8.81. The van der Waals surface area contributed by atoms with Gasteiger partial charge in [0.2, 0.25) is 0 Å². The zero-order chi connectivity index (χ0) is 11.4. The van der Waals surface area contributed by atoms with E-state index in [9.17, 15) is 5.11 Å². The number of hydrogen-bond acceptors (Lipinski definition) is 1. The van der Waals surface area contributed by atoms with Crippen molar-refractivity contribution in [2.75, 3.05) is 6.61 Å². The first kappa shape index (κ1) is 11.2. The molecule has 0 atom stereocenters. The van der Waals surface area contributed by atoms with Crippen LogP contribution in [-0.2, 0) is 4.87 Å². The monoisotopic (exact) mass is 232 g/mol. The minimum Gasteiger partial charge on any atom is -0.394 e. The molecule has 16 heavy (non-hydrogen) atoms. The molecule has 0 bridgehead atoms. The molecule has 0 aromatic heterocycles. The Hall–Kier alpha value is -1.31. The summed E-state index contributed by atoms with van der Waals surface area (Å²) in [5, 5.41) is 9.56. The highest BCUT2D eigenvalue weighted by atomic mass is 35.5. The molecule has 2 rings (SSSR count). The van der Waals surface area contributed by atoms with E-state index in [1.165, 1.54) is 0 Å². The normalized spacial score (nSPS) is 11.4. The lowest BCUT2D eigenvalue weighted by Crippen LogP contribution is -2.24. The predicted octanol–water partition coefficient (Wildman–Crippen LogP) is 3.16. The molecule has 0 aliphatic rings. The molecule has 0 unspecified atom stereocenters. The number of alkyl halides is 1. The Balaban J connectivity index is 2.49. The van der Waals surface area contributed by atoms with Crippen LogP contribution in [0.5, 0.6) is 0 Å². The van der Waals surface area contributed by atoms with E-state index in [-0.39, 0.29) is 6.61 Å². The molecule has 82 valence electrons. The van der Waals surface area contributed by atoms with Crippen LogP contribution in [0, 0.1) is 0 Å². The van der Waals surface area contributed by atoms with Crippen molar-refractivity contribution in [1.29, 1.82) is 0 Å². The molecule has 0 fully saturated rings. The Bertz CT molecular complexity index is 399. The maximum Gasteiger partial charge on any atom is 0.117 e. The van der Waals surface area contributed by atoms with Gasteiger partial charge in [-0.3, -0.25) is 0 Å². The fourth-order valence-corrected chi connectivity index (χ4v) is 2.01. The van der Waals surface area contributed by atoms with Crippen molar-refractivity contribution in [3.05, 3.63) is 71.8 Å². The smallest absolute Gasteiger partial charge is 0.117 e. The number of aliphatic hydroxyl groups excluding tert-OH is 1. The molecular formula is C14H13ClO. The van der Waals surface area contributed by atoms with Gasteiger partial charge in [-0.05, 0) is 11.1 Å². The molecule has 0 amide bonds. The van der Waals surface area contributed by atoms with Gasteiger partial charge in [0.25, 0.3) is 0 Å². The van der Waals surface area contributed by atoms with Crippen molar-refractivity contribution in [1.82, 2.24) is 0 Å². The van der Waals surface area contributed by atoms with Crippen LogP contribution in [0.1, 0.15) is 11.1 Å². The number of rotatable bonds is 3. The SMILES string of the molecule is OCC(Cl)(c1ccccc1)c1ccccc1. The first-order chi connectivity index (χ1) is 7.77. The van der Waals surface area contributed by atoms with E-state index in [1.807, 2.05) is 60.7 Å². The van der Waals surface area contributed by atoms with E-state index >= 15 is 0 Å². The molecule has 2 aromatic rings. The maximum atomic E-state index is 9.56. The minimum absolute atomic E-state index is 0.122. The molecule has 0 aliphatic heterocycles. The molecule has 0 heterocycles. The first-order valence-corrected chi connectivity index (χ1v) is 5.56. The van der Waals surface area contributed by atoms with Gasteiger partial charge in [-0.2, -0.15) is 0 Å². The van der Waals surface area contributed by atoms with Crippen LogP contribution in [0.4, 0.5) is 0 Å². The van der Waals surface area contributed by atoms with Gasteiger partial charge in [0.05, 0.1) is 6.61 Å². The summed E-state index contributed by atoms with van der Waals surface area (Å²) in [4.78, 5) is -0.845. The lowest BCUT2D eigenvalue weighted by atomic mass is 9.91. The molecule has 0 radical (unpaired) electrons. The van der Waals surface area contributed by atoms with Gasteiger partial charge in [-0.1, -0.05) is 60.7 Å². The summed E-state index contributed by atoms with van der Waals surface area (Å²) in [6.07, 6.45) is 0. The Morgan fingerprint density at radius 1 is 0.812 bits per heavy atom. The number of hydrogen-bond donors (Lipinski definition) is 1. The largest absolute Gasteiger partial charge is 0.394 e. The summed E-state index contributed by atoms with van der Waals surface area (Å²) < 4.78 is 0. The molecule has 0 aliphatic carbocycles. The van der Waals surface area contributed by atoms with E-state index in [0.717, 1.165) is 11.1 Å². The fraction of sp³-hybridized carbons (Fsp3) is 0.143. The average Bonchev–Trinajstić information content (AvgIpc) is 2.40. The van der Waals surface area contributed by atoms with Crippen LogP contribution in [0.3, 0.4) is 0 Å². The summed E-state index contributed by atoms with van der Waals surface area (Å²) in [5.41, 5.74) is 1.82. The highest BCUT2D eigenvalue weighted by Crippen LogP contribution is 2.35. The van der Waals surface area contributed by atoms with Crippen molar-refractivity contribution < 1.29 is 5.11 Å². The van der Waals surface area contributed by atoms with Crippen LogP contribution in [-0.4, -0.2) is 11.7 Å². The van der Waals surface area contributed by atoms with Gasteiger partial charge >= 0.3 is 0 Å². The second-order valence-corrected chi connectivity index (χ2v) is 4.34. The quantitative estimate of drug-likeness (QED) is 0.806. The van der Waals surface area contributed by atoms with Crippen molar-refractivity contribution >= 4 is 11.6 Å². The lowest BCUT2D eigenvalue weighted by molar-refractivity contribution is 0.263. The summed E-state index contributed by atoms with van der Waals surface area (Å²) in [6, 6.07) is 19.3. The van der Waals surface area contributed by atoms with Crippen molar-refractivity contribution in [2.45, 2.75) is 4.87 Å². The third-order valence-corrected chi connectivity index (χ3v) is 3.24. The third-order valence-electron chi connectivity index (χ3n) is 2.68. The van der Waals surface area contributed by atoms with Crippen LogP contribution < -0.4 is 0 Å². The fourth-order valence-electron chi connectivity index (χ4n) is 1.75. The number of halogens is 1. The zero-order valence-corrected chi connectivity index (χ0v) is 9.56. The molecular weight excluding hydrogens is 220 g/mol. The highest BCUT2D eigenvalue weighted by Gasteiger charge is 2.30. The Labute approximate surface area is 100 Å². The topological polar surface area (TPSA) is 20.2 Å². The van der Waals surface area contributed by atoms with E-state index in [0.29, 0.717) is 0 Å². The predicted molar refractivity (Wildman–Crippen MR) is 66.6 cm³/mol. The minimum atomic E-state index is -0.845. The van der Waals surface area contributed by atoms with Crippen molar-refractivity contribution in [2.24, 2.45) is 0 Å². The van der Waals surface area contributed by atoms with Gasteiger partial charge < -0.3 is 5.11 Å². The lowest BCUT2D eigenvalue weighted by Gasteiger charge is -2.25. The molecule has 1 nitrogen and oxygen atoms in total. The van der Waals surface area contributed by atoms with Crippen molar-refractivity contribution in [3.8, 4) is 0 Å². The van der Waals surface area contributed by atoms with Crippen LogP contribution in [0.25, 0.3) is 0 Å². The molecule has 2 aromatic carbocycles. The van der Waals surface area contributed by atoms with Crippen LogP contribution in [0.2, 0.25) is 0 Å². The Kier molecular flexibility index (Phi) is 3.28. The summed E-state index contributed by atoms with van der Waals surface area (Å²) in [7, 11) is 0. The number of benzene rings is 2. The van der Waals surface area contributed by atoms with Gasteiger partial charge in [0.15, 0.2) is 0 Å². The second-order valence-electron chi connectivity index (χ2n) is 3.69. The van der Waals surface area contributed by atoms with Gasteiger partial charge in [-0.15, -0.1) is 11.6 Å². The van der Waals surface area contributed by atoms with Gasteiger partial charge in [-0.25, -0.2) is 0 Å². The summed E-state index contributed by atoms with van der Waals surface area (Å²) in [5.74, 6) is 0. The second kappa shape index (κ2) is 4.69. The molecule has 0 spiro atoms. The molecule has 0 saturated heterocycles. The Morgan fingerprint density at radius 3 is 1.50 bits per heavy atom. The summed E-state index contributed by atoms with van der Waals surface area (Å²) in [6.45, 7) is -0.122. The molecule has 2 heteroatoms. The average molecular weight is 233 g/mol. The Morgan fingerprint density at radius 2 is 1.19 bits per heavy atom. The highest BCUT2D eigenvalue weighted by molar-refractivity contribution is 6.26. The van der Waals surface area contributed by atoms with E-state index in [2.05, 4.69) is 0 Å². The first-order valence-electron chi connectivity index (χ1n) is 5.18. The van der Waals surface area contributed by atoms with Crippen LogP contribution in [0.15, 0.2) is 60.7 Å². The van der Waals surface area contributed by atoms with E-state index in [1.54, 1.807) is 0 Å². The van der Waals surface area contributed by atoms with Crippen molar-refractivity contribution in [3.63, 3.8) is 0 Å². The third kappa shape index (κ3) is 1.97. The maximum absolute atomic E-state index is 9.56. The molecule has 1 N–H and O–H groups in total. The van der Waals surface area contributed by atoms with E-state index in [4.69, 9.17) is 11.6 Å². The standard InChI is InChI=1S/C14H13ClO/c15-14(11-16,12-7-3-1-4-8-12)13-9-5-2-6-10-13/h1-10,16H,11H2. The van der Waals surface area contributed by atoms with E-state index < -0.39 is 4.87 Å². The molecule has 0 saturated carbocycles. The van der Waals surface area contributed by atoms with Gasteiger partial charge in [0, 0.05) is 0 Å². The van der Waals surface area contributed by atoms with Gasteiger partial charge in [0.1, 0.15) is 4.87 Å². The van der Waals surface area contributed by atoms with Crippen LogP contribution >= 0.6 is 11.6 Å².